The number of methoxy groups -OCH3 is 1. The molecule has 1 aliphatic rings. The molecule has 3 rings (SSSR count). The van der Waals surface area contributed by atoms with Crippen molar-refractivity contribution in [3.63, 3.8) is 0 Å². The molecule has 0 heterocycles. The fraction of sp³-hybridized carbons (Fsp3) is 0.429. The van der Waals surface area contributed by atoms with Crippen LogP contribution in [0.15, 0.2) is 30.3 Å². The molecule has 0 radical (unpaired) electrons. The van der Waals surface area contributed by atoms with Crippen molar-refractivity contribution in [2.45, 2.75) is 19.3 Å². The van der Waals surface area contributed by atoms with Crippen molar-refractivity contribution in [3.8, 4) is 23.0 Å². The molecule has 5 N–H and O–H groups in total. The minimum atomic E-state index is -0.217. The number of benzene rings is 2. The van der Waals surface area contributed by atoms with Crippen molar-refractivity contribution in [2.75, 3.05) is 26.8 Å². The van der Waals surface area contributed by atoms with Gasteiger partial charge in [0.15, 0.2) is 23.0 Å². The van der Waals surface area contributed by atoms with Gasteiger partial charge in [-0.3, -0.25) is 0 Å². The van der Waals surface area contributed by atoms with Crippen LogP contribution < -0.4 is 10.1 Å². The molecule has 27 heavy (non-hydrogen) atoms. The van der Waals surface area contributed by atoms with E-state index < -0.39 is 0 Å². The Hall–Kier alpha value is -2.44. The first-order chi connectivity index (χ1) is 13.0. The molecular formula is C21H27NO5. The van der Waals surface area contributed by atoms with E-state index in [2.05, 4.69) is 5.32 Å². The zero-order chi connectivity index (χ0) is 19.6. The van der Waals surface area contributed by atoms with Crippen molar-refractivity contribution in [1.82, 2.24) is 5.32 Å². The summed E-state index contributed by atoms with van der Waals surface area (Å²) in [5, 5.41) is 43.5. The third-order valence-electron chi connectivity index (χ3n) is 5.52. The molecule has 0 unspecified atom stereocenters. The van der Waals surface area contributed by atoms with E-state index in [1.54, 1.807) is 12.1 Å². The predicted molar refractivity (Wildman–Crippen MR) is 103 cm³/mol. The first-order valence-corrected chi connectivity index (χ1v) is 9.23. The van der Waals surface area contributed by atoms with Gasteiger partial charge in [-0.05, 0) is 72.3 Å². The number of aliphatic hydroxyl groups is 1. The van der Waals surface area contributed by atoms with Crippen LogP contribution >= 0.6 is 0 Å². The molecule has 1 aliphatic carbocycles. The van der Waals surface area contributed by atoms with E-state index in [1.807, 2.05) is 13.0 Å². The number of phenolic OH excluding ortho intramolecular Hbond substituents is 3. The summed E-state index contributed by atoms with van der Waals surface area (Å²) in [5.41, 5.74) is 2.75. The molecule has 3 atom stereocenters. The van der Waals surface area contributed by atoms with Crippen molar-refractivity contribution in [3.05, 3.63) is 47.0 Å². The van der Waals surface area contributed by atoms with E-state index in [-0.39, 0.29) is 41.6 Å². The van der Waals surface area contributed by atoms with E-state index in [4.69, 9.17) is 4.74 Å². The van der Waals surface area contributed by atoms with Crippen LogP contribution in [0.5, 0.6) is 23.0 Å². The first kappa shape index (κ1) is 19.3. The zero-order valence-electron chi connectivity index (χ0n) is 15.6. The molecule has 0 saturated heterocycles. The van der Waals surface area contributed by atoms with Crippen LogP contribution in [0.2, 0.25) is 0 Å². The number of aliphatic hydroxyl groups excluding tert-OH is 1. The minimum absolute atomic E-state index is 0.0192. The lowest BCUT2D eigenvalue weighted by atomic mass is 9.66. The molecule has 2 aromatic rings. The summed E-state index contributed by atoms with van der Waals surface area (Å²) in [6.07, 6.45) is 0.755. The Bertz CT molecular complexity index is 807. The summed E-state index contributed by atoms with van der Waals surface area (Å²) in [5.74, 6) is -0.0391. The van der Waals surface area contributed by atoms with Gasteiger partial charge in [0.2, 0.25) is 0 Å². The van der Waals surface area contributed by atoms with Gasteiger partial charge in [-0.1, -0.05) is 13.0 Å². The normalized spacial score (nSPS) is 21.7. The highest BCUT2D eigenvalue weighted by Gasteiger charge is 2.38. The minimum Gasteiger partial charge on any atom is -0.504 e. The number of rotatable bonds is 6. The van der Waals surface area contributed by atoms with Crippen LogP contribution in [-0.2, 0) is 6.42 Å². The maximum atomic E-state index is 10.3. The Kier molecular flexibility index (Phi) is 5.77. The fourth-order valence-electron chi connectivity index (χ4n) is 4.16. The third-order valence-corrected chi connectivity index (χ3v) is 5.52. The monoisotopic (exact) mass is 373 g/mol. The summed E-state index contributed by atoms with van der Waals surface area (Å²) in [6.45, 7) is 3.62. The summed E-state index contributed by atoms with van der Waals surface area (Å²) >= 11 is 0. The highest BCUT2D eigenvalue weighted by atomic mass is 16.5. The molecule has 2 aromatic carbocycles. The Balaban J connectivity index is 2.14. The highest BCUT2D eigenvalue weighted by Crippen LogP contribution is 2.47. The van der Waals surface area contributed by atoms with Crippen LogP contribution in [0.25, 0.3) is 0 Å². The van der Waals surface area contributed by atoms with E-state index in [0.717, 1.165) is 36.2 Å². The highest BCUT2D eigenvalue weighted by molar-refractivity contribution is 5.53. The summed E-state index contributed by atoms with van der Waals surface area (Å²) < 4.78 is 5.27. The lowest BCUT2D eigenvalue weighted by Gasteiger charge is -2.39. The second-order valence-electron chi connectivity index (χ2n) is 7.07. The van der Waals surface area contributed by atoms with E-state index in [9.17, 15) is 20.4 Å². The average Bonchev–Trinajstić information content (AvgIpc) is 2.67. The molecule has 0 bridgehead atoms. The van der Waals surface area contributed by atoms with Crippen LogP contribution in [0.3, 0.4) is 0 Å². The topological polar surface area (TPSA) is 102 Å². The first-order valence-electron chi connectivity index (χ1n) is 9.23. The maximum Gasteiger partial charge on any atom is 0.160 e. The molecule has 6 nitrogen and oxygen atoms in total. The van der Waals surface area contributed by atoms with Crippen LogP contribution in [0, 0.1) is 11.8 Å². The number of fused-ring (bicyclic) bond motifs is 1. The average molecular weight is 373 g/mol. The lowest BCUT2D eigenvalue weighted by Crippen LogP contribution is -2.38. The predicted octanol–water partition coefficient (Wildman–Crippen LogP) is 2.33. The zero-order valence-corrected chi connectivity index (χ0v) is 15.6. The van der Waals surface area contributed by atoms with Crippen LogP contribution in [-0.4, -0.2) is 47.2 Å². The van der Waals surface area contributed by atoms with Gasteiger partial charge in [0.1, 0.15) is 0 Å². The van der Waals surface area contributed by atoms with Gasteiger partial charge in [0, 0.05) is 12.5 Å². The molecule has 0 aromatic heterocycles. The molecule has 0 saturated carbocycles. The van der Waals surface area contributed by atoms with Crippen LogP contribution in [0.1, 0.15) is 29.5 Å². The van der Waals surface area contributed by atoms with Crippen molar-refractivity contribution in [1.29, 1.82) is 0 Å². The number of ether oxygens (including phenoxy) is 1. The van der Waals surface area contributed by atoms with Crippen molar-refractivity contribution in [2.24, 2.45) is 11.8 Å². The van der Waals surface area contributed by atoms with Crippen LogP contribution in [0.4, 0.5) is 0 Å². The van der Waals surface area contributed by atoms with Gasteiger partial charge in [-0.2, -0.15) is 0 Å². The number of nitrogens with one attached hydrogen (secondary N) is 1. The van der Waals surface area contributed by atoms with Gasteiger partial charge in [0.05, 0.1) is 7.11 Å². The number of aromatic hydroxyl groups is 3. The SMILES string of the molecule is CCNC[C@@H]1Cc2cc(OC)c(O)cc2[C@H](c2ccc(O)c(O)c2)[C@H]1CO. The quantitative estimate of drug-likeness (QED) is 0.498. The Morgan fingerprint density at radius 1 is 1.07 bits per heavy atom. The summed E-state index contributed by atoms with van der Waals surface area (Å²) in [7, 11) is 1.52. The molecule has 0 aliphatic heterocycles. The Morgan fingerprint density at radius 3 is 2.48 bits per heavy atom. The smallest absolute Gasteiger partial charge is 0.160 e. The molecule has 146 valence electrons. The molecular weight excluding hydrogens is 346 g/mol. The number of hydrogen-bond acceptors (Lipinski definition) is 6. The largest absolute Gasteiger partial charge is 0.504 e. The van der Waals surface area contributed by atoms with Gasteiger partial charge < -0.3 is 30.5 Å². The summed E-state index contributed by atoms with van der Waals surface area (Å²) in [4.78, 5) is 0. The van der Waals surface area contributed by atoms with Crippen molar-refractivity contribution >= 4 is 0 Å². The van der Waals surface area contributed by atoms with Gasteiger partial charge in [-0.25, -0.2) is 0 Å². The second-order valence-corrected chi connectivity index (χ2v) is 7.07. The van der Waals surface area contributed by atoms with Crippen molar-refractivity contribution < 1.29 is 25.2 Å². The maximum absolute atomic E-state index is 10.3. The second kappa shape index (κ2) is 8.06. The molecule has 6 heteroatoms. The third kappa shape index (κ3) is 3.68. The lowest BCUT2D eigenvalue weighted by molar-refractivity contribution is 0.148. The number of hydrogen-bond donors (Lipinski definition) is 5. The van der Waals surface area contributed by atoms with E-state index >= 15 is 0 Å². The van der Waals surface area contributed by atoms with E-state index in [0.29, 0.717) is 5.75 Å². The van der Waals surface area contributed by atoms with Gasteiger partial charge in [0.25, 0.3) is 0 Å². The van der Waals surface area contributed by atoms with Gasteiger partial charge in [-0.15, -0.1) is 0 Å². The summed E-state index contributed by atoms with van der Waals surface area (Å²) in [6, 6.07) is 8.28. The molecule has 0 fully saturated rings. The van der Waals surface area contributed by atoms with E-state index in [1.165, 1.54) is 19.2 Å². The molecule has 0 amide bonds. The number of phenols is 3. The Morgan fingerprint density at radius 2 is 1.85 bits per heavy atom. The molecule has 0 spiro atoms. The standard InChI is InChI=1S/C21H27NO5/c1-3-22-10-14-6-13-8-20(27-2)19(26)9-15(13)21(16(14)11-23)12-4-5-17(24)18(25)7-12/h4-5,7-9,14,16,21-26H,3,6,10-11H2,1-2H3/t14-,16-,21-/m0/s1. The Labute approximate surface area is 159 Å². The van der Waals surface area contributed by atoms with Gasteiger partial charge >= 0.3 is 0 Å². The fourth-order valence-corrected chi connectivity index (χ4v) is 4.16.